The summed E-state index contributed by atoms with van der Waals surface area (Å²) in [5.41, 5.74) is 0. The van der Waals surface area contributed by atoms with Crippen molar-refractivity contribution >= 4 is 5.78 Å². The Labute approximate surface area is 113 Å². The summed E-state index contributed by atoms with van der Waals surface area (Å²) < 4.78 is 0. The van der Waals surface area contributed by atoms with Crippen LogP contribution >= 0.6 is 0 Å². The van der Waals surface area contributed by atoms with Crippen molar-refractivity contribution in [2.75, 3.05) is 0 Å². The van der Waals surface area contributed by atoms with Gasteiger partial charge in [0.15, 0.2) is 0 Å². The summed E-state index contributed by atoms with van der Waals surface area (Å²) in [6, 6.07) is 0. The largest absolute Gasteiger partial charge is 0.299 e. The number of rotatable bonds is 4. The highest BCUT2D eigenvalue weighted by atomic mass is 16.1. The zero-order valence-corrected chi connectivity index (χ0v) is 12.3. The number of Topliss-reactive ketones (excluding diaryl/α,β-unsaturated/α-hetero) is 1. The Balaban J connectivity index is 2.07. The summed E-state index contributed by atoms with van der Waals surface area (Å²) >= 11 is 0. The molecule has 104 valence electrons. The maximum Gasteiger partial charge on any atom is 0.139 e. The number of carbonyl (C=O) groups is 1. The van der Waals surface area contributed by atoms with E-state index in [4.69, 9.17) is 0 Å². The first kappa shape index (κ1) is 14.1. The average molecular weight is 250 g/mol. The number of ketones is 1. The summed E-state index contributed by atoms with van der Waals surface area (Å²) in [4.78, 5) is 12.6. The van der Waals surface area contributed by atoms with Gasteiger partial charge < -0.3 is 0 Å². The molecule has 2 fully saturated rings. The Morgan fingerprint density at radius 1 is 0.778 bits per heavy atom. The summed E-state index contributed by atoms with van der Waals surface area (Å²) in [5.74, 6) is 2.66. The van der Waals surface area contributed by atoms with Gasteiger partial charge in [-0.2, -0.15) is 0 Å². The van der Waals surface area contributed by atoms with Gasteiger partial charge >= 0.3 is 0 Å². The maximum absolute atomic E-state index is 12.6. The quantitative estimate of drug-likeness (QED) is 0.687. The Kier molecular flexibility index (Phi) is 5.26. The third kappa shape index (κ3) is 3.36. The molecule has 2 aliphatic carbocycles. The molecule has 1 heteroatoms. The molecule has 0 saturated heterocycles. The van der Waals surface area contributed by atoms with E-state index in [9.17, 15) is 4.79 Å². The fraction of sp³-hybridized carbons (Fsp3) is 0.941. The van der Waals surface area contributed by atoms with Gasteiger partial charge in [-0.25, -0.2) is 0 Å². The SMILES string of the molecule is CC(C)C(=O)C(C1CCCCC1)C1CCCCC1. The normalized spacial score (nSPS) is 23.8. The molecule has 0 aromatic rings. The highest BCUT2D eigenvalue weighted by Gasteiger charge is 2.36. The first-order chi connectivity index (χ1) is 8.70. The third-order valence-electron chi connectivity index (χ3n) is 5.21. The van der Waals surface area contributed by atoms with E-state index in [2.05, 4.69) is 13.8 Å². The Bertz CT molecular complexity index is 239. The molecular weight excluding hydrogens is 220 g/mol. The second-order valence-corrected chi connectivity index (χ2v) is 6.88. The van der Waals surface area contributed by atoms with Crippen molar-refractivity contribution in [1.82, 2.24) is 0 Å². The highest BCUT2D eigenvalue weighted by molar-refractivity contribution is 5.83. The van der Waals surface area contributed by atoms with Crippen LogP contribution in [0.2, 0.25) is 0 Å². The van der Waals surface area contributed by atoms with E-state index < -0.39 is 0 Å². The monoisotopic (exact) mass is 250 g/mol. The first-order valence-electron chi connectivity index (χ1n) is 8.24. The van der Waals surface area contributed by atoms with Crippen LogP contribution in [0.5, 0.6) is 0 Å². The average Bonchev–Trinajstić information content (AvgIpc) is 2.41. The van der Waals surface area contributed by atoms with E-state index in [0.717, 1.165) is 11.8 Å². The molecule has 1 nitrogen and oxygen atoms in total. The summed E-state index contributed by atoms with van der Waals surface area (Å²) in [7, 11) is 0. The van der Waals surface area contributed by atoms with E-state index >= 15 is 0 Å². The van der Waals surface area contributed by atoms with Gasteiger partial charge in [-0.05, 0) is 37.5 Å². The molecule has 0 bridgehead atoms. The van der Waals surface area contributed by atoms with E-state index in [0.29, 0.717) is 11.7 Å². The van der Waals surface area contributed by atoms with Crippen LogP contribution in [0, 0.1) is 23.7 Å². The summed E-state index contributed by atoms with van der Waals surface area (Å²) in [6.45, 7) is 4.20. The van der Waals surface area contributed by atoms with Gasteiger partial charge in [-0.1, -0.05) is 52.4 Å². The molecule has 0 N–H and O–H groups in total. The molecule has 2 saturated carbocycles. The van der Waals surface area contributed by atoms with Crippen LogP contribution in [0.3, 0.4) is 0 Å². The minimum absolute atomic E-state index is 0.235. The molecule has 0 spiro atoms. The van der Waals surface area contributed by atoms with Gasteiger partial charge in [-0.3, -0.25) is 4.79 Å². The van der Waals surface area contributed by atoms with Crippen LogP contribution in [0.25, 0.3) is 0 Å². The minimum Gasteiger partial charge on any atom is -0.299 e. The van der Waals surface area contributed by atoms with Crippen molar-refractivity contribution in [2.24, 2.45) is 23.7 Å². The van der Waals surface area contributed by atoms with E-state index in [1.54, 1.807) is 0 Å². The molecule has 2 rings (SSSR count). The molecule has 2 aliphatic rings. The van der Waals surface area contributed by atoms with Crippen LogP contribution < -0.4 is 0 Å². The van der Waals surface area contributed by atoms with Gasteiger partial charge in [0.2, 0.25) is 0 Å². The lowest BCUT2D eigenvalue weighted by atomic mass is 9.66. The Hall–Kier alpha value is -0.330. The predicted molar refractivity (Wildman–Crippen MR) is 76.5 cm³/mol. The smallest absolute Gasteiger partial charge is 0.139 e. The van der Waals surface area contributed by atoms with Crippen LogP contribution in [0.4, 0.5) is 0 Å². The molecule has 0 aromatic carbocycles. The van der Waals surface area contributed by atoms with Crippen LogP contribution in [0.1, 0.15) is 78.1 Å². The standard InChI is InChI=1S/C17H30O/c1-13(2)17(18)16(14-9-5-3-6-10-14)15-11-7-4-8-12-15/h13-16H,3-12H2,1-2H3. The van der Waals surface area contributed by atoms with Crippen molar-refractivity contribution < 1.29 is 4.79 Å². The lowest BCUT2D eigenvalue weighted by molar-refractivity contribution is -0.130. The highest BCUT2D eigenvalue weighted by Crippen LogP contribution is 2.41. The summed E-state index contributed by atoms with van der Waals surface area (Å²) in [6.07, 6.45) is 13.5. The van der Waals surface area contributed by atoms with E-state index in [1.807, 2.05) is 0 Å². The molecule has 0 amide bonds. The predicted octanol–water partition coefficient (Wildman–Crippen LogP) is 4.99. The lowest BCUT2D eigenvalue weighted by Gasteiger charge is -2.37. The van der Waals surface area contributed by atoms with Crippen LogP contribution in [0.15, 0.2) is 0 Å². The van der Waals surface area contributed by atoms with Crippen molar-refractivity contribution in [2.45, 2.75) is 78.1 Å². The van der Waals surface area contributed by atoms with Gasteiger partial charge in [-0.15, -0.1) is 0 Å². The van der Waals surface area contributed by atoms with Gasteiger partial charge in [0.1, 0.15) is 5.78 Å². The van der Waals surface area contributed by atoms with Crippen molar-refractivity contribution in [3.8, 4) is 0 Å². The Morgan fingerprint density at radius 2 is 1.17 bits per heavy atom. The zero-order chi connectivity index (χ0) is 13.0. The topological polar surface area (TPSA) is 17.1 Å². The first-order valence-corrected chi connectivity index (χ1v) is 8.24. The molecule has 0 aromatic heterocycles. The molecule has 18 heavy (non-hydrogen) atoms. The second-order valence-electron chi connectivity index (χ2n) is 6.88. The van der Waals surface area contributed by atoms with Gasteiger partial charge in [0, 0.05) is 11.8 Å². The minimum atomic E-state index is 0.235. The van der Waals surface area contributed by atoms with Crippen LogP contribution in [-0.4, -0.2) is 5.78 Å². The maximum atomic E-state index is 12.6. The Morgan fingerprint density at radius 3 is 1.50 bits per heavy atom. The fourth-order valence-electron chi connectivity index (χ4n) is 4.22. The number of hydrogen-bond donors (Lipinski definition) is 0. The van der Waals surface area contributed by atoms with Gasteiger partial charge in [0.25, 0.3) is 0 Å². The molecule has 0 radical (unpaired) electrons. The van der Waals surface area contributed by atoms with Crippen molar-refractivity contribution in [3.63, 3.8) is 0 Å². The number of carbonyl (C=O) groups excluding carboxylic acids is 1. The molecule has 0 heterocycles. The third-order valence-corrected chi connectivity index (χ3v) is 5.21. The van der Waals surface area contributed by atoms with E-state index in [1.165, 1.54) is 64.2 Å². The van der Waals surface area contributed by atoms with Crippen molar-refractivity contribution in [1.29, 1.82) is 0 Å². The molecular formula is C17H30O. The molecule has 0 atom stereocenters. The van der Waals surface area contributed by atoms with E-state index in [-0.39, 0.29) is 5.92 Å². The summed E-state index contributed by atoms with van der Waals surface area (Å²) in [5, 5.41) is 0. The molecule has 0 unspecified atom stereocenters. The van der Waals surface area contributed by atoms with Crippen LogP contribution in [-0.2, 0) is 4.79 Å². The van der Waals surface area contributed by atoms with Crippen molar-refractivity contribution in [3.05, 3.63) is 0 Å². The lowest BCUT2D eigenvalue weighted by Crippen LogP contribution is -2.35. The van der Waals surface area contributed by atoms with Gasteiger partial charge in [0.05, 0.1) is 0 Å². The molecule has 0 aliphatic heterocycles. The zero-order valence-electron chi connectivity index (χ0n) is 12.3. The number of hydrogen-bond acceptors (Lipinski definition) is 1. The fourth-order valence-corrected chi connectivity index (χ4v) is 4.22. The second kappa shape index (κ2) is 6.73.